The Morgan fingerprint density at radius 3 is 2.66 bits per heavy atom. The van der Waals surface area contributed by atoms with Crippen LogP contribution in [-0.2, 0) is 11.8 Å². The van der Waals surface area contributed by atoms with Gasteiger partial charge in [-0.2, -0.15) is 0 Å². The molecule has 1 N–H and O–H groups in total. The maximum Gasteiger partial charge on any atom is 0.254 e. The highest BCUT2D eigenvalue weighted by Gasteiger charge is 2.34. The molecule has 9 heteroatoms. The van der Waals surface area contributed by atoms with E-state index in [2.05, 4.69) is 15.5 Å². The minimum absolute atomic E-state index is 0.0195. The van der Waals surface area contributed by atoms with Crippen molar-refractivity contribution in [3.05, 3.63) is 71.3 Å². The summed E-state index contributed by atoms with van der Waals surface area (Å²) < 4.78 is 15.5. The van der Waals surface area contributed by atoms with Crippen LogP contribution in [0.1, 0.15) is 40.6 Å². The number of carbonyl (C=O) groups excluding carboxylic acids is 2. The van der Waals surface area contributed by atoms with Crippen LogP contribution in [0.2, 0.25) is 0 Å². The highest BCUT2D eigenvalue weighted by atomic mass is 32.2. The van der Waals surface area contributed by atoms with Gasteiger partial charge in [-0.25, -0.2) is 4.39 Å². The second kappa shape index (κ2) is 9.52. The molecule has 1 fully saturated rings. The lowest BCUT2D eigenvalue weighted by atomic mass is 10.1. The molecule has 2 amide bonds. The summed E-state index contributed by atoms with van der Waals surface area (Å²) >= 11 is 1.22. The highest BCUT2D eigenvalue weighted by Crippen LogP contribution is 2.33. The number of aromatic nitrogens is 3. The van der Waals surface area contributed by atoms with Crippen molar-refractivity contribution in [3.63, 3.8) is 0 Å². The van der Waals surface area contributed by atoms with Crippen molar-refractivity contribution in [3.8, 4) is 0 Å². The Morgan fingerprint density at radius 2 is 1.91 bits per heavy atom. The molecule has 1 aromatic heterocycles. The average molecular weight is 454 g/mol. The summed E-state index contributed by atoms with van der Waals surface area (Å²) in [6.45, 7) is 2.65. The van der Waals surface area contributed by atoms with Crippen LogP contribution in [0.4, 0.5) is 10.1 Å². The summed E-state index contributed by atoms with van der Waals surface area (Å²) in [4.78, 5) is 27.1. The first-order chi connectivity index (χ1) is 15.4. The Bertz CT molecular complexity index is 1130. The molecule has 1 aliphatic heterocycles. The van der Waals surface area contributed by atoms with Crippen LogP contribution in [0.25, 0.3) is 0 Å². The van der Waals surface area contributed by atoms with E-state index < -0.39 is 5.82 Å². The molecule has 0 bridgehead atoms. The van der Waals surface area contributed by atoms with Crippen molar-refractivity contribution >= 4 is 29.3 Å². The molecule has 1 atom stereocenters. The number of hydrogen-bond donors (Lipinski definition) is 1. The molecule has 0 spiro atoms. The maximum absolute atomic E-state index is 13.7. The van der Waals surface area contributed by atoms with Gasteiger partial charge in [0.05, 0.1) is 17.5 Å². The van der Waals surface area contributed by atoms with E-state index in [4.69, 9.17) is 0 Å². The van der Waals surface area contributed by atoms with E-state index in [-0.39, 0.29) is 29.3 Å². The van der Waals surface area contributed by atoms with E-state index in [1.54, 1.807) is 12.1 Å². The fourth-order valence-corrected chi connectivity index (χ4v) is 4.48. The van der Waals surface area contributed by atoms with E-state index in [9.17, 15) is 14.0 Å². The Balaban J connectivity index is 1.42. The number of rotatable bonds is 6. The third kappa shape index (κ3) is 4.67. The third-order valence-electron chi connectivity index (χ3n) is 5.46. The van der Waals surface area contributed by atoms with Crippen molar-refractivity contribution < 1.29 is 14.0 Å². The minimum atomic E-state index is -0.480. The zero-order valence-electron chi connectivity index (χ0n) is 17.9. The molecule has 166 valence electrons. The molecule has 7 nitrogen and oxygen atoms in total. The van der Waals surface area contributed by atoms with Crippen LogP contribution in [0.3, 0.4) is 0 Å². The van der Waals surface area contributed by atoms with Gasteiger partial charge in [-0.15, -0.1) is 10.2 Å². The zero-order valence-corrected chi connectivity index (χ0v) is 18.7. The number of anilines is 1. The van der Waals surface area contributed by atoms with Gasteiger partial charge in [0.2, 0.25) is 5.91 Å². The quantitative estimate of drug-likeness (QED) is 0.572. The van der Waals surface area contributed by atoms with E-state index >= 15 is 0 Å². The molecular formula is C23H24FN5O2S. The number of hydrogen-bond acceptors (Lipinski definition) is 5. The maximum atomic E-state index is 13.7. The molecule has 0 saturated carbocycles. The SMILES string of the molecule is Cc1ccc(C(=O)N2CCCC2c2nnc(SCC(=O)Nc3ccccc3F)n2C)cc1. The number of thioether (sulfide) groups is 1. The van der Waals surface area contributed by atoms with Crippen LogP contribution < -0.4 is 5.32 Å². The van der Waals surface area contributed by atoms with Gasteiger partial charge < -0.3 is 14.8 Å². The number of aryl methyl sites for hydroxylation is 1. The fourth-order valence-electron chi connectivity index (χ4n) is 3.76. The van der Waals surface area contributed by atoms with Gasteiger partial charge in [0.25, 0.3) is 5.91 Å². The predicted octanol–water partition coefficient (Wildman–Crippen LogP) is 3.97. The van der Waals surface area contributed by atoms with Crippen LogP contribution in [0.15, 0.2) is 53.7 Å². The van der Waals surface area contributed by atoms with E-state index in [1.165, 1.54) is 23.9 Å². The second-order valence-electron chi connectivity index (χ2n) is 7.74. The molecule has 2 aromatic carbocycles. The Labute approximate surface area is 190 Å². The van der Waals surface area contributed by atoms with Gasteiger partial charge in [0.1, 0.15) is 5.82 Å². The monoisotopic (exact) mass is 453 g/mol. The first-order valence-electron chi connectivity index (χ1n) is 10.4. The molecule has 4 rings (SSSR count). The van der Waals surface area contributed by atoms with Crippen molar-refractivity contribution in [2.24, 2.45) is 7.05 Å². The van der Waals surface area contributed by atoms with Crippen molar-refractivity contribution in [2.75, 3.05) is 17.6 Å². The second-order valence-corrected chi connectivity index (χ2v) is 8.68. The summed E-state index contributed by atoms with van der Waals surface area (Å²) in [5.74, 6) is -0.0706. The number of halogens is 1. The van der Waals surface area contributed by atoms with Crippen molar-refractivity contribution in [1.29, 1.82) is 0 Å². The van der Waals surface area contributed by atoms with Crippen LogP contribution in [0.5, 0.6) is 0 Å². The standard InChI is InChI=1S/C23H24FN5O2S/c1-15-9-11-16(12-10-15)22(31)29-13-5-8-19(29)21-26-27-23(28(21)2)32-14-20(30)25-18-7-4-3-6-17(18)24/h3-4,6-7,9-12,19H,5,8,13-14H2,1-2H3,(H,25,30). The number of likely N-dealkylation sites (tertiary alicyclic amines) is 1. The van der Waals surface area contributed by atoms with Gasteiger partial charge in [-0.05, 0) is 44.0 Å². The van der Waals surface area contributed by atoms with E-state index in [0.29, 0.717) is 23.1 Å². The molecule has 0 aliphatic carbocycles. The van der Waals surface area contributed by atoms with Crippen LogP contribution in [-0.4, -0.2) is 43.8 Å². The topological polar surface area (TPSA) is 80.1 Å². The Morgan fingerprint density at radius 1 is 1.16 bits per heavy atom. The summed E-state index contributed by atoms with van der Waals surface area (Å²) in [6, 6.07) is 13.4. The summed E-state index contributed by atoms with van der Waals surface area (Å²) in [7, 11) is 1.83. The van der Waals surface area contributed by atoms with Gasteiger partial charge in [0, 0.05) is 19.2 Å². The lowest BCUT2D eigenvalue weighted by molar-refractivity contribution is -0.113. The van der Waals surface area contributed by atoms with Gasteiger partial charge in [-0.3, -0.25) is 9.59 Å². The summed E-state index contributed by atoms with van der Waals surface area (Å²) in [6.07, 6.45) is 1.70. The lowest BCUT2D eigenvalue weighted by Gasteiger charge is -2.24. The number of benzene rings is 2. The largest absolute Gasteiger partial charge is 0.328 e. The van der Waals surface area contributed by atoms with Crippen molar-refractivity contribution in [1.82, 2.24) is 19.7 Å². The van der Waals surface area contributed by atoms with E-state index in [0.717, 1.165) is 18.4 Å². The number of para-hydroxylation sites is 1. The molecule has 3 aromatic rings. The summed E-state index contributed by atoms with van der Waals surface area (Å²) in [5.41, 5.74) is 1.91. The highest BCUT2D eigenvalue weighted by molar-refractivity contribution is 7.99. The number of amides is 2. The third-order valence-corrected chi connectivity index (χ3v) is 6.48. The van der Waals surface area contributed by atoms with Gasteiger partial charge >= 0.3 is 0 Å². The summed E-state index contributed by atoms with van der Waals surface area (Å²) in [5, 5.41) is 11.7. The number of carbonyl (C=O) groups is 2. The van der Waals surface area contributed by atoms with E-state index in [1.807, 2.05) is 47.7 Å². The molecule has 0 radical (unpaired) electrons. The molecule has 1 unspecified atom stereocenters. The first kappa shape index (κ1) is 22.0. The Kier molecular flexibility index (Phi) is 6.55. The minimum Gasteiger partial charge on any atom is -0.328 e. The zero-order chi connectivity index (χ0) is 22.7. The van der Waals surface area contributed by atoms with Crippen LogP contribution in [0, 0.1) is 12.7 Å². The number of nitrogens with zero attached hydrogens (tertiary/aromatic N) is 4. The van der Waals surface area contributed by atoms with Crippen molar-refractivity contribution in [2.45, 2.75) is 31.0 Å². The molecule has 1 saturated heterocycles. The molecule has 2 heterocycles. The lowest BCUT2D eigenvalue weighted by Crippen LogP contribution is -2.31. The molecular weight excluding hydrogens is 429 g/mol. The van der Waals surface area contributed by atoms with Crippen LogP contribution >= 0.6 is 11.8 Å². The van der Waals surface area contributed by atoms with Gasteiger partial charge in [0.15, 0.2) is 11.0 Å². The number of nitrogens with one attached hydrogen (secondary N) is 1. The van der Waals surface area contributed by atoms with Gasteiger partial charge in [-0.1, -0.05) is 41.6 Å². The normalized spacial score (nSPS) is 15.7. The molecule has 1 aliphatic rings. The smallest absolute Gasteiger partial charge is 0.254 e. The average Bonchev–Trinajstić information content (AvgIpc) is 3.40. The fraction of sp³-hybridized carbons (Fsp3) is 0.304. The Hall–Kier alpha value is -3.20. The predicted molar refractivity (Wildman–Crippen MR) is 121 cm³/mol. The molecule has 32 heavy (non-hydrogen) atoms. The first-order valence-corrected chi connectivity index (χ1v) is 11.4.